The molecule has 132 valence electrons. The smallest absolute Gasteiger partial charge is 0.257 e. The van der Waals surface area contributed by atoms with E-state index in [1.807, 2.05) is 25.7 Å². The van der Waals surface area contributed by atoms with Crippen LogP contribution in [-0.2, 0) is 11.3 Å². The van der Waals surface area contributed by atoms with Crippen LogP contribution in [0.4, 0.5) is 0 Å². The number of hydrogen-bond acceptors (Lipinski definition) is 3. The molecule has 1 aliphatic heterocycles. The Morgan fingerprint density at radius 3 is 2.67 bits per heavy atom. The summed E-state index contributed by atoms with van der Waals surface area (Å²) in [5.74, 6) is 0.0137. The Morgan fingerprint density at radius 2 is 2.08 bits per heavy atom. The summed E-state index contributed by atoms with van der Waals surface area (Å²) in [7, 11) is 0. The predicted octanol–water partition coefficient (Wildman–Crippen LogP) is 2.06. The van der Waals surface area contributed by atoms with Crippen LogP contribution in [0.15, 0.2) is 12.4 Å². The summed E-state index contributed by atoms with van der Waals surface area (Å²) < 4.78 is 1.76. The lowest BCUT2D eigenvalue weighted by Gasteiger charge is -2.29. The van der Waals surface area contributed by atoms with Gasteiger partial charge in [-0.05, 0) is 33.6 Å². The van der Waals surface area contributed by atoms with Gasteiger partial charge in [0, 0.05) is 37.3 Å². The molecule has 1 aromatic rings. The van der Waals surface area contributed by atoms with Crippen LogP contribution >= 0.6 is 0 Å². The van der Waals surface area contributed by atoms with Crippen molar-refractivity contribution in [1.29, 1.82) is 0 Å². The van der Waals surface area contributed by atoms with Crippen molar-refractivity contribution in [3.8, 4) is 0 Å². The van der Waals surface area contributed by atoms with E-state index in [0.717, 1.165) is 32.2 Å². The first-order chi connectivity index (χ1) is 11.4. The van der Waals surface area contributed by atoms with Gasteiger partial charge in [-0.15, -0.1) is 0 Å². The SMILES string of the molecule is CCn1cc(C(=O)N2CC(C(=O)NC(C)C)C3(CCCC3)C2)cn1. The molecular formula is C18H28N4O2. The van der Waals surface area contributed by atoms with Crippen molar-refractivity contribution < 1.29 is 9.59 Å². The van der Waals surface area contributed by atoms with Gasteiger partial charge < -0.3 is 10.2 Å². The van der Waals surface area contributed by atoms with Gasteiger partial charge in [-0.3, -0.25) is 14.3 Å². The van der Waals surface area contributed by atoms with Crippen molar-refractivity contribution in [1.82, 2.24) is 20.0 Å². The molecule has 1 aliphatic carbocycles. The van der Waals surface area contributed by atoms with Gasteiger partial charge in [-0.1, -0.05) is 12.8 Å². The Hall–Kier alpha value is -1.85. The van der Waals surface area contributed by atoms with Crippen LogP contribution < -0.4 is 5.32 Å². The molecule has 1 N–H and O–H groups in total. The Morgan fingerprint density at radius 1 is 1.38 bits per heavy atom. The lowest BCUT2D eigenvalue weighted by atomic mass is 9.76. The number of carbonyl (C=O) groups is 2. The average Bonchev–Trinajstić information content (AvgIpc) is 3.26. The van der Waals surface area contributed by atoms with Crippen LogP contribution in [0.1, 0.15) is 56.8 Å². The van der Waals surface area contributed by atoms with Crippen LogP contribution in [-0.4, -0.2) is 45.6 Å². The Labute approximate surface area is 143 Å². The second-order valence-corrected chi connectivity index (χ2v) is 7.56. The summed E-state index contributed by atoms with van der Waals surface area (Å²) in [6, 6.07) is 0.128. The molecule has 2 heterocycles. The lowest BCUT2D eigenvalue weighted by molar-refractivity contribution is -0.128. The summed E-state index contributed by atoms with van der Waals surface area (Å²) in [5.41, 5.74) is 0.588. The zero-order valence-corrected chi connectivity index (χ0v) is 14.9. The zero-order valence-electron chi connectivity index (χ0n) is 14.9. The van der Waals surface area contributed by atoms with E-state index in [4.69, 9.17) is 0 Å². The number of carbonyl (C=O) groups excluding carboxylic acids is 2. The summed E-state index contributed by atoms with van der Waals surface area (Å²) in [4.78, 5) is 27.4. The minimum absolute atomic E-state index is 0.000761. The van der Waals surface area contributed by atoms with Gasteiger partial charge in [0.05, 0.1) is 17.7 Å². The Bertz CT molecular complexity index is 616. The van der Waals surface area contributed by atoms with Crippen LogP contribution in [0, 0.1) is 11.3 Å². The van der Waals surface area contributed by atoms with Crippen molar-refractivity contribution in [2.24, 2.45) is 11.3 Å². The molecule has 3 rings (SSSR count). The average molecular weight is 332 g/mol. The molecule has 1 unspecified atom stereocenters. The van der Waals surface area contributed by atoms with Crippen LogP contribution in [0.3, 0.4) is 0 Å². The molecule has 6 nitrogen and oxygen atoms in total. The van der Waals surface area contributed by atoms with Crippen molar-refractivity contribution >= 4 is 11.8 Å². The molecule has 0 aromatic carbocycles. The molecule has 1 saturated carbocycles. The van der Waals surface area contributed by atoms with Crippen molar-refractivity contribution in [2.45, 2.75) is 59.0 Å². The predicted molar refractivity (Wildman–Crippen MR) is 91.5 cm³/mol. The minimum Gasteiger partial charge on any atom is -0.354 e. The Balaban J connectivity index is 1.79. The van der Waals surface area contributed by atoms with E-state index >= 15 is 0 Å². The maximum Gasteiger partial charge on any atom is 0.257 e. The molecule has 1 aromatic heterocycles. The molecule has 1 saturated heterocycles. The van der Waals surface area contributed by atoms with E-state index in [1.165, 1.54) is 0 Å². The normalized spacial score (nSPS) is 22.5. The largest absolute Gasteiger partial charge is 0.354 e. The standard InChI is InChI=1S/C18H28N4O2/c1-4-22-10-14(9-19-22)17(24)21-11-15(16(23)20-13(2)3)18(12-21)7-5-6-8-18/h9-10,13,15H,4-8,11-12H2,1-3H3,(H,20,23). The fourth-order valence-corrected chi connectivity index (χ4v) is 4.28. The Kier molecular flexibility index (Phi) is 4.65. The summed E-state index contributed by atoms with van der Waals surface area (Å²) in [5, 5.41) is 7.25. The number of amides is 2. The van der Waals surface area contributed by atoms with E-state index in [9.17, 15) is 9.59 Å². The third kappa shape index (κ3) is 3.06. The van der Waals surface area contributed by atoms with Crippen LogP contribution in [0.5, 0.6) is 0 Å². The van der Waals surface area contributed by atoms with E-state index in [-0.39, 0.29) is 29.2 Å². The topological polar surface area (TPSA) is 67.2 Å². The molecule has 24 heavy (non-hydrogen) atoms. The first-order valence-corrected chi connectivity index (χ1v) is 9.07. The second kappa shape index (κ2) is 6.57. The first kappa shape index (κ1) is 17.0. The number of nitrogens with one attached hydrogen (secondary N) is 1. The molecule has 0 bridgehead atoms. The molecular weight excluding hydrogens is 304 g/mol. The van der Waals surface area contributed by atoms with Gasteiger partial charge in [0.25, 0.3) is 5.91 Å². The quantitative estimate of drug-likeness (QED) is 0.918. The highest BCUT2D eigenvalue weighted by molar-refractivity contribution is 5.94. The van der Waals surface area contributed by atoms with Gasteiger partial charge in [0.15, 0.2) is 0 Å². The van der Waals surface area contributed by atoms with Crippen LogP contribution in [0.2, 0.25) is 0 Å². The van der Waals surface area contributed by atoms with Crippen LogP contribution in [0.25, 0.3) is 0 Å². The summed E-state index contributed by atoms with van der Waals surface area (Å²) in [6.07, 6.45) is 7.82. The number of likely N-dealkylation sites (tertiary alicyclic amines) is 1. The van der Waals surface area contributed by atoms with Gasteiger partial charge in [0.1, 0.15) is 0 Å². The molecule has 1 spiro atoms. The fraction of sp³-hybridized carbons (Fsp3) is 0.722. The lowest BCUT2D eigenvalue weighted by Crippen LogP contribution is -2.42. The highest BCUT2D eigenvalue weighted by Crippen LogP contribution is 2.49. The number of aromatic nitrogens is 2. The molecule has 6 heteroatoms. The monoisotopic (exact) mass is 332 g/mol. The van der Waals surface area contributed by atoms with Gasteiger partial charge in [0.2, 0.25) is 5.91 Å². The molecule has 1 atom stereocenters. The maximum absolute atomic E-state index is 12.8. The highest BCUT2D eigenvalue weighted by atomic mass is 16.2. The maximum atomic E-state index is 12.8. The van der Waals surface area contributed by atoms with Crippen molar-refractivity contribution in [3.05, 3.63) is 18.0 Å². The minimum atomic E-state index is -0.0902. The van der Waals surface area contributed by atoms with E-state index in [1.54, 1.807) is 17.1 Å². The number of hydrogen-bond donors (Lipinski definition) is 1. The number of nitrogens with zero attached hydrogens (tertiary/aromatic N) is 3. The van der Waals surface area contributed by atoms with Gasteiger partial charge in [-0.25, -0.2) is 0 Å². The molecule has 2 aliphatic rings. The summed E-state index contributed by atoms with van der Waals surface area (Å²) in [6.45, 7) is 7.92. The third-order valence-corrected chi connectivity index (χ3v) is 5.49. The fourth-order valence-electron chi connectivity index (χ4n) is 4.28. The first-order valence-electron chi connectivity index (χ1n) is 9.07. The van der Waals surface area contributed by atoms with E-state index in [0.29, 0.717) is 18.7 Å². The van der Waals surface area contributed by atoms with E-state index in [2.05, 4.69) is 10.4 Å². The van der Waals surface area contributed by atoms with E-state index < -0.39 is 0 Å². The zero-order chi connectivity index (χ0) is 17.3. The molecule has 0 radical (unpaired) electrons. The second-order valence-electron chi connectivity index (χ2n) is 7.56. The molecule has 2 amide bonds. The van der Waals surface area contributed by atoms with Gasteiger partial charge in [-0.2, -0.15) is 5.10 Å². The number of aryl methyl sites for hydroxylation is 1. The third-order valence-electron chi connectivity index (χ3n) is 5.49. The highest BCUT2D eigenvalue weighted by Gasteiger charge is 2.52. The molecule has 2 fully saturated rings. The van der Waals surface area contributed by atoms with Crippen molar-refractivity contribution in [3.63, 3.8) is 0 Å². The summed E-state index contributed by atoms with van der Waals surface area (Å²) >= 11 is 0. The van der Waals surface area contributed by atoms with Gasteiger partial charge >= 0.3 is 0 Å². The number of rotatable bonds is 4. The van der Waals surface area contributed by atoms with Crippen molar-refractivity contribution in [2.75, 3.05) is 13.1 Å².